The number of hydrogen-bond donors (Lipinski definition) is 2. The SMILES string of the molecule is O=C(O)C(CNc1ncnc2c1cnn2-c1ccccc1)C1CCOC1. The number of rotatable bonds is 6. The number of aliphatic carboxylic acids is 1. The van der Waals surface area contributed by atoms with Gasteiger partial charge in [0, 0.05) is 13.2 Å². The van der Waals surface area contributed by atoms with Crippen LogP contribution in [0.3, 0.4) is 0 Å². The predicted molar refractivity (Wildman–Crippen MR) is 95.2 cm³/mol. The molecule has 0 saturated carbocycles. The Bertz CT molecular complexity index is 906. The molecular weight excluding hydrogens is 334 g/mol. The number of hydrogen-bond acceptors (Lipinski definition) is 6. The zero-order chi connectivity index (χ0) is 17.9. The Morgan fingerprint density at radius 3 is 2.92 bits per heavy atom. The number of para-hydroxylation sites is 1. The van der Waals surface area contributed by atoms with Crippen LogP contribution < -0.4 is 5.32 Å². The molecule has 0 aliphatic carbocycles. The quantitative estimate of drug-likeness (QED) is 0.698. The Morgan fingerprint density at radius 1 is 1.35 bits per heavy atom. The summed E-state index contributed by atoms with van der Waals surface area (Å²) in [6, 6.07) is 9.70. The monoisotopic (exact) mass is 353 g/mol. The molecule has 1 saturated heterocycles. The molecule has 4 rings (SSSR count). The average Bonchev–Trinajstić information content (AvgIpc) is 3.32. The van der Waals surface area contributed by atoms with Crippen molar-refractivity contribution in [2.45, 2.75) is 6.42 Å². The van der Waals surface area contributed by atoms with Gasteiger partial charge in [0.15, 0.2) is 5.65 Å². The summed E-state index contributed by atoms with van der Waals surface area (Å²) < 4.78 is 7.07. The lowest BCUT2D eigenvalue weighted by atomic mass is 9.91. The third kappa shape index (κ3) is 3.11. The minimum Gasteiger partial charge on any atom is -0.481 e. The minimum absolute atomic E-state index is 0.0179. The van der Waals surface area contributed by atoms with Gasteiger partial charge in [-0.3, -0.25) is 4.79 Å². The summed E-state index contributed by atoms with van der Waals surface area (Å²) in [5.74, 6) is -0.739. The lowest BCUT2D eigenvalue weighted by Crippen LogP contribution is -2.31. The van der Waals surface area contributed by atoms with Gasteiger partial charge in [0.1, 0.15) is 12.1 Å². The smallest absolute Gasteiger partial charge is 0.308 e. The van der Waals surface area contributed by atoms with E-state index in [1.54, 1.807) is 10.9 Å². The summed E-state index contributed by atoms with van der Waals surface area (Å²) >= 11 is 0. The van der Waals surface area contributed by atoms with Crippen LogP contribution in [-0.4, -0.2) is 50.6 Å². The van der Waals surface area contributed by atoms with E-state index in [0.717, 1.165) is 17.5 Å². The number of benzene rings is 1. The zero-order valence-corrected chi connectivity index (χ0v) is 14.1. The van der Waals surface area contributed by atoms with Gasteiger partial charge >= 0.3 is 5.97 Å². The molecule has 1 aromatic carbocycles. The molecule has 2 atom stereocenters. The standard InChI is InChI=1S/C18H19N5O3/c24-18(25)14(12-6-7-26-10-12)8-19-16-15-9-22-23(17(15)21-11-20-16)13-4-2-1-3-5-13/h1-5,9,11-12,14H,6-8,10H2,(H,24,25)(H,19,20,21). The van der Waals surface area contributed by atoms with Crippen LogP contribution in [0.25, 0.3) is 16.7 Å². The molecular formula is C18H19N5O3. The van der Waals surface area contributed by atoms with Crippen LogP contribution in [0.1, 0.15) is 6.42 Å². The van der Waals surface area contributed by atoms with E-state index in [2.05, 4.69) is 20.4 Å². The summed E-state index contributed by atoms with van der Waals surface area (Å²) in [7, 11) is 0. The highest BCUT2D eigenvalue weighted by atomic mass is 16.5. The fraction of sp³-hybridized carbons (Fsp3) is 0.333. The molecule has 1 aliphatic heterocycles. The van der Waals surface area contributed by atoms with E-state index < -0.39 is 11.9 Å². The van der Waals surface area contributed by atoms with E-state index in [9.17, 15) is 9.90 Å². The normalized spacial score (nSPS) is 18.1. The van der Waals surface area contributed by atoms with Gasteiger partial charge in [-0.25, -0.2) is 14.6 Å². The van der Waals surface area contributed by atoms with Crippen molar-refractivity contribution in [1.29, 1.82) is 0 Å². The molecule has 1 fully saturated rings. The van der Waals surface area contributed by atoms with Crippen molar-refractivity contribution in [1.82, 2.24) is 19.7 Å². The van der Waals surface area contributed by atoms with Gasteiger partial charge in [-0.1, -0.05) is 18.2 Å². The molecule has 3 heterocycles. The Balaban J connectivity index is 1.59. The van der Waals surface area contributed by atoms with E-state index in [4.69, 9.17) is 4.74 Å². The highest BCUT2D eigenvalue weighted by molar-refractivity contribution is 5.87. The van der Waals surface area contributed by atoms with Crippen molar-refractivity contribution in [2.24, 2.45) is 11.8 Å². The highest BCUT2D eigenvalue weighted by Gasteiger charge is 2.31. The third-order valence-corrected chi connectivity index (χ3v) is 4.71. The maximum Gasteiger partial charge on any atom is 0.308 e. The van der Waals surface area contributed by atoms with Crippen LogP contribution >= 0.6 is 0 Å². The predicted octanol–water partition coefficient (Wildman–Crippen LogP) is 1.96. The number of nitrogens with zero attached hydrogens (tertiary/aromatic N) is 4. The average molecular weight is 353 g/mol. The molecule has 8 nitrogen and oxygen atoms in total. The lowest BCUT2D eigenvalue weighted by Gasteiger charge is -2.18. The zero-order valence-electron chi connectivity index (χ0n) is 14.1. The molecule has 8 heteroatoms. The second-order valence-electron chi connectivity index (χ2n) is 6.30. The number of carbonyl (C=O) groups is 1. The van der Waals surface area contributed by atoms with Crippen LogP contribution in [0.15, 0.2) is 42.9 Å². The molecule has 0 spiro atoms. The van der Waals surface area contributed by atoms with E-state index in [-0.39, 0.29) is 12.5 Å². The third-order valence-electron chi connectivity index (χ3n) is 4.71. The second-order valence-corrected chi connectivity index (χ2v) is 6.30. The molecule has 0 bridgehead atoms. The van der Waals surface area contributed by atoms with E-state index >= 15 is 0 Å². The number of anilines is 1. The van der Waals surface area contributed by atoms with Crippen LogP contribution in [0, 0.1) is 11.8 Å². The maximum atomic E-state index is 11.6. The van der Waals surface area contributed by atoms with E-state index in [1.807, 2.05) is 30.3 Å². The number of carboxylic acids is 1. The van der Waals surface area contributed by atoms with Crippen LogP contribution in [0.2, 0.25) is 0 Å². The molecule has 2 N–H and O–H groups in total. The van der Waals surface area contributed by atoms with Gasteiger partial charge in [0.25, 0.3) is 0 Å². The van der Waals surface area contributed by atoms with Crippen LogP contribution in [0.5, 0.6) is 0 Å². The fourth-order valence-electron chi connectivity index (χ4n) is 3.28. The van der Waals surface area contributed by atoms with Crippen molar-refractivity contribution in [2.75, 3.05) is 25.1 Å². The van der Waals surface area contributed by atoms with Crippen molar-refractivity contribution < 1.29 is 14.6 Å². The van der Waals surface area contributed by atoms with Gasteiger partial charge in [0.2, 0.25) is 0 Å². The topological polar surface area (TPSA) is 102 Å². The summed E-state index contributed by atoms with van der Waals surface area (Å²) in [6.07, 6.45) is 3.92. The Morgan fingerprint density at radius 2 is 2.19 bits per heavy atom. The number of carboxylic acid groups (broad SMARTS) is 1. The first-order valence-corrected chi connectivity index (χ1v) is 8.52. The first kappa shape index (κ1) is 16.5. The summed E-state index contributed by atoms with van der Waals surface area (Å²) in [4.78, 5) is 20.2. The Kier molecular flexibility index (Phi) is 4.49. The molecule has 26 heavy (non-hydrogen) atoms. The molecule has 0 amide bonds. The van der Waals surface area contributed by atoms with Crippen LogP contribution in [-0.2, 0) is 9.53 Å². The van der Waals surface area contributed by atoms with Crippen molar-refractivity contribution in [3.05, 3.63) is 42.9 Å². The van der Waals surface area contributed by atoms with E-state index in [1.165, 1.54) is 6.33 Å². The summed E-state index contributed by atoms with van der Waals surface area (Å²) in [6.45, 7) is 1.39. The minimum atomic E-state index is -0.821. The molecule has 2 unspecified atom stereocenters. The van der Waals surface area contributed by atoms with Gasteiger partial charge in [-0.05, 0) is 24.5 Å². The Hall–Kier alpha value is -3.00. The molecule has 2 aromatic heterocycles. The van der Waals surface area contributed by atoms with Gasteiger partial charge in [-0.15, -0.1) is 0 Å². The van der Waals surface area contributed by atoms with Crippen molar-refractivity contribution in [3.63, 3.8) is 0 Å². The highest BCUT2D eigenvalue weighted by Crippen LogP contribution is 2.25. The molecule has 134 valence electrons. The number of fused-ring (bicyclic) bond motifs is 1. The number of ether oxygens (including phenoxy) is 1. The van der Waals surface area contributed by atoms with Crippen molar-refractivity contribution >= 4 is 22.8 Å². The second kappa shape index (κ2) is 7.09. The van der Waals surface area contributed by atoms with E-state index in [0.29, 0.717) is 24.7 Å². The van der Waals surface area contributed by atoms with Crippen LogP contribution in [0.4, 0.5) is 5.82 Å². The number of nitrogens with one attached hydrogen (secondary N) is 1. The van der Waals surface area contributed by atoms with Gasteiger partial charge in [-0.2, -0.15) is 5.10 Å². The molecule has 1 aliphatic rings. The molecule has 3 aromatic rings. The first-order valence-electron chi connectivity index (χ1n) is 8.52. The van der Waals surface area contributed by atoms with Crippen molar-refractivity contribution in [3.8, 4) is 5.69 Å². The van der Waals surface area contributed by atoms with Gasteiger partial charge in [0.05, 0.1) is 29.8 Å². The largest absolute Gasteiger partial charge is 0.481 e. The number of aromatic nitrogens is 4. The fourth-order valence-corrected chi connectivity index (χ4v) is 3.28. The molecule has 0 radical (unpaired) electrons. The first-order chi connectivity index (χ1) is 12.7. The maximum absolute atomic E-state index is 11.6. The summed E-state index contributed by atoms with van der Waals surface area (Å²) in [5.41, 5.74) is 1.57. The lowest BCUT2D eigenvalue weighted by molar-refractivity contribution is -0.143. The van der Waals surface area contributed by atoms with Gasteiger partial charge < -0.3 is 15.2 Å². The summed E-state index contributed by atoms with van der Waals surface area (Å²) in [5, 5.41) is 17.9. The Labute approximate surface area is 149 Å².